The number of rotatable bonds is 2. The van der Waals surface area contributed by atoms with Gasteiger partial charge >= 0.3 is 0 Å². The summed E-state index contributed by atoms with van der Waals surface area (Å²) in [7, 11) is 1.39. The molecular formula is C3H7O2S. The zero-order valence-electron chi connectivity index (χ0n) is 3.64. The molecule has 0 saturated heterocycles. The Kier molecular flexibility index (Phi) is 3.37. The molecule has 2 nitrogen and oxygen atoms in total. The van der Waals surface area contributed by atoms with Gasteiger partial charge in [0.05, 0.1) is 7.11 Å². The summed E-state index contributed by atoms with van der Waals surface area (Å²) >= 11 is -1.15. The van der Waals surface area contributed by atoms with Crippen molar-refractivity contribution in [2.45, 2.75) is 0 Å². The molecule has 0 aliphatic heterocycles. The Bertz CT molecular complexity index is 46.8. The quantitative estimate of drug-likeness (QED) is 0.501. The second-order valence-corrected chi connectivity index (χ2v) is 2.02. The van der Waals surface area contributed by atoms with Gasteiger partial charge in [0.25, 0.3) is 0 Å². The summed E-state index contributed by atoms with van der Waals surface area (Å²) in [5, 5.41) is 0. The molecule has 1 atom stereocenters. The van der Waals surface area contributed by atoms with Gasteiger partial charge in [-0.3, -0.25) is 4.18 Å². The molecule has 1 radical (unpaired) electrons. The topological polar surface area (TPSA) is 26.3 Å². The zero-order chi connectivity index (χ0) is 4.99. The van der Waals surface area contributed by atoms with Gasteiger partial charge in [0, 0.05) is 5.75 Å². The van der Waals surface area contributed by atoms with E-state index in [0.29, 0.717) is 5.75 Å². The van der Waals surface area contributed by atoms with Crippen LogP contribution < -0.4 is 0 Å². The first-order chi connectivity index (χ1) is 2.81. The first-order valence-electron chi connectivity index (χ1n) is 1.53. The van der Waals surface area contributed by atoms with Crippen molar-refractivity contribution in [2.75, 3.05) is 12.9 Å². The van der Waals surface area contributed by atoms with Crippen molar-refractivity contribution in [3.63, 3.8) is 0 Å². The number of hydrogen-bond donors (Lipinski definition) is 0. The van der Waals surface area contributed by atoms with Crippen LogP contribution >= 0.6 is 0 Å². The summed E-state index contributed by atoms with van der Waals surface area (Å²) in [6, 6.07) is 0. The predicted molar refractivity (Wildman–Crippen MR) is 25.4 cm³/mol. The summed E-state index contributed by atoms with van der Waals surface area (Å²) in [6.07, 6.45) is 0. The molecule has 0 aliphatic rings. The Morgan fingerprint density at radius 1 is 2.00 bits per heavy atom. The van der Waals surface area contributed by atoms with E-state index in [4.69, 9.17) is 0 Å². The Balaban J connectivity index is 2.99. The van der Waals surface area contributed by atoms with Crippen molar-refractivity contribution >= 4 is 11.1 Å². The molecule has 0 saturated carbocycles. The second kappa shape index (κ2) is 3.31. The van der Waals surface area contributed by atoms with Gasteiger partial charge < -0.3 is 0 Å². The van der Waals surface area contributed by atoms with Gasteiger partial charge in [-0.25, -0.2) is 4.21 Å². The summed E-state index contributed by atoms with van der Waals surface area (Å²) < 4.78 is 14.3. The smallest absolute Gasteiger partial charge is 0.155 e. The Morgan fingerprint density at radius 2 is 2.50 bits per heavy atom. The minimum atomic E-state index is -1.15. The van der Waals surface area contributed by atoms with E-state index in [-0.39, 0.29) is 0 Å². The highest BCUT2D eigenvalue weighted by Crippen LogP contribution is 1.75. The van der Waals surface area contributed by atoms with E-state index in [1.54, 1.807) is 0 Å². The summed E-state index contributed by atoms with van der Waals surface area (Å²) in [6.45, 7) is 3.33. The Morgan fingerprint density at radius 3 is 2.50 bits per heavy atom. The molecule has 3 heteroatoms. The Labute approximate surface area is 40.2 Å². The maximum atomic E-state index is 10.0. The average molecular weight is 107 g/mol. The van der Waals surface area contributed by atoms with Gasteiger partial charge in [-0.15, -0.1) is 0 Å². The molecule has 0 spiro atoms. The highest BCUT2D eigenvalue weighted by atomic mass is 32.2. The number of hydrogen-bond acceptors (Lipinski definition) is 2. The molecule has 0 heterocycles. The summed E-state index contributed by atoms with van der Waals surface area (Å²) in [4.78, 5) is 0. The summed E-state index contributed by atoms with van der Waals surface area (Å²) in [5.74, 6) is 0.330. The molecule has 37 valence electrons. The van der Waals surface area contributed by atoms with Crippen molar-refractivity contribution in [1.82, 2.24) is 0 Å². The van der Waals surface area contributed by atoms with Crippen LogP contribution in [0.5, 0.6) is 0 Å². The first-order valence-corrected chi connectivity index (χ1v) is 2.77. The van der Waals surface area contributed by atoms with E-state index in [1.807, 2.05) is 0 Å². The molecule has 1 unspecified atom stereocenters. The standard InChI is InChI=1S/C3H7O2S/c1-3-6(4)5-2/h1,3H2,2H3. The highest BCUT2D eigenvalue weighted by Gasteiger charge is 1.84. The molecule has 0 bridgehead atoms. The lowest BCUT2D eigenvalue weighted by molar-refractivity contribution is 0.448. The molecule has 0 amide bonds. The molecule has 6 heavy (non-hydrogen) atoms. The van der Waals surface area contributed by atoms with E-state index in [2.05, 4.69) is 11.1 Å². The van der Waals surface area contributed by atoms with Crippen molar-refractivity contribution in [2.24, 2.45) is 0 Å². The third kappa shape index (κ3) is 2.35. The average Bonchev–Trinajstić information content (AvgIpc) is 1.65. The van der Waals surface area contributed by atoms with Gasteiger partial charge in [-0.1, -0.05) is 0 Å². The van der Waals surface area contributed by atoms with Crippen molar-refractivity contribution in [3.05, 3.63) is 6.92 Å². The molecular weight excluding hydrogens is 100 g/mol. The zero-order valence-corrected chi connectivity index (χ0v) is 4.46. The molecule has 0 fully saturated rings. The minimum absolute atomic E-state index is 0.330. The fourth-order valence-electron chi connectivity index (χ4n) is 0.0833. The lowest BCUT2D eigenvalue weighted by atomic mass is 11.0. The van der Waals surface area contributed by atoms with Crippen LogP contribution in [0.15, 0.2) is 0 Å². The van der Waals surface area contributed by atoms with Gasteiger partial charge in [0.2, 0.25) is 0 Å². The third-order valence-electron chi connectivity index (χ3n) is 0.353. The SMILES string of the molecule is [CH2]CS(=O)OC. The third-order valence-corrected chi connectivity index (χ3v) is 1.06. The van der Waals surface area contributed by atoms with Crippen LogP contribution in [0.1, 0.15) is 0 Å². The molecule has 0 aromatic heterocycles. The van der Waals surface area contributed by atoms with Crippen LogP contribution in [0, 0.1) is 6.92 Å². The van der Waals surface area contributed by atoms with Gasteiger partial charge in [0.15, 0.2) is 11.1 Å². The van der Waals surface area contributed by atoms with Crippen molar-refractivity contribution < 1.29 is 8.39 Å². The van der Waals surface area contributed by atoms with Crippen LogP contribution in [0.3, 0.4) is 0 Å². The van der Waals surface area contributed by atoms with E-state index >= 15 is 0 Å². The van der Waals surface area contributed by atoms with Crippen molar-refractivity contribution in [1.29, 1.82) is 0 Å². The van der Waals surface area contributed by atoms with Crippen LogP contribution in [0.25, 0.3) is 0 Å². The van der Waals surface area contributed by atoms with Crippen LogP contribution in [0.2, 0.25) is 0 Å². The normalized spacial score (nSPS) is 14.3. The lowest BCUT2D eigenvalue weighted by Crippen LogP contribution is -1.92. The van der Waals surface area contributed by atoms with E-state index in [9.17, 15) is 4.21 Å². The van der Waals surface area contributed by atoms with E-state index in [0.717, 1.165) is 0 Å². The first kappa shape index (κ1) is 6.11. The molecule has 0 aromatic carbocycles. The monoisotopic (exact) mass is 107 g/mol. The second-order valence-electron chi connectivity index (χ2n) is 0.675. The minimum Gasteiger partial charge on any atom is -0.294 e. The van der Waals surface area contributed by atoms with Crippen LogP contribution in [-0.2, 0) is 15.3 Å². The van der Waals surface area contributed by atoms with Crippen molar-refractivity contribution in [3.8, 4) is 0 Å². The van der Waals surface area contributed by atoms with Crippen LogP contribution in [0.4, 0.5) is 0 Å². The van der Waals surface area contributed by atoms with Gasteiger partial charge in [-0.2, -0.15) is 0 Å². The fourth-order valence-corrected chi connectivity index (χ4v) is 0.250. The molecule has 0 aliphatic carbocycles. The summed E-state index contributed by atoms with van der Waals surface area (Å²) in [5.41, 5.74) is 0. The van der Waals surface area contributed by atoms with Gasteiger partial charge in [0.1, 0.15) is 0 Å². The largest absolute Gasteiger partial charge is 0.294 e. The lowest BCUT2D eigenvalue weighted by Gasteiger charge is -1.85. The molecule has 0 N–H and O–H groups in total. The molecule has 0 aromatic rings. The molecule has 0 rings (SSSR count). The maximum Gasteiger partial charge on any atom is 0.155 e. The van der Waals surface area contributed by atoms with E-state index in [1.165, 1.54) is 7.11 Å². The van der Waals surface area contributed by atoms with Crippen LogP contribution in [-0.4, -0.2) is 17.1 Å². The highest BCUT2D eigenvalue weighted by molar-refractivity contribution is 7.80. The fraction of sp³-hybridized carbons (Fsp3) is 0.667. The predicted octanol–water partition coefficient (Wildman–Crippen LogP) is 0.131. The maximum absolute atomic E-state index is 10.0. The van der Waals surface area contributed by atoms with Gasteiger partial charge in [-0.05, 0) is 6.92 Å². The van der Waals surface area contributed by atoms with E-state index < -0.39 is 11.1 Å². The Hall–Kier alpha value is 0.110.